The molecule has 23 heavy (non-hydrogen) atoms. The van der Waals surface area contributed by atoms with E-state index in [0.717, 1.165) is 0 Å². The van der Waals surface area contributed by atoms with Crippen molar-refractivity contribution in [1.82, 2.24) is 0 Å². The molecule has 5 unspecified atom stereocenters. The lowest BCUT2D eigenvalue weighted by molar-refractivity contribution is -0.357. The van der Waals surface area contributed by atoms with Gasteiger partial charge in [-0.15, -0.1) is 34.8 Å². The van der Waals surface area contributed by atoms with Crippen LogP contribution in [0.25, 0.3) is 0 Å². The Kier molecular flexibility index (Phi) is 6.77. The fourth-order valence-corrected chi connectivity index (χ4v) is 3.37. The molecule has 2 fully saturated rings. The van der Waals surface area contributed by atoms with Gasteiger partial charge < -0.3 is 39.7 Å². The minimum absolute atomic E-state index is 0.125. The highest BCUT2D eigenvalue weighted by atomic mass is 35.5. The van der Waals surface area contributed by atoms with Gasteiger partial charge >= 0.3 is 0 Å². The van der Waals surface area contributed by atoms with Crippen molar-refractivity contribution in [3.05, 3.63) is 0 Å². The van der Waals surface area contributed by atoms with Gasteiger partial charge in [-0.25, -0.2) is 0 Å². The van der Waals surface area contributed by atoms with Gasteiger partial charge in [0.1, 0.15) is 36.6 Å². The summed E-state index contributed by atoms with van der Waals surface area (Å²) in [5.74, 6) is -2.43. The third kappa shape index (κ3) is 3.58. The fraction of sp³-hybridized carbons (Fsp3) is 1.00. The third-order valence-electron chi connectivity index (χ3n) is 3.96. The van der Waals surface area contributed by atoms with Gasteiger partial charge in [0.2, 0.25) is 5.79 Å². The zero-order chi connectivity index (χ0) is 17.4. The molecule has 9 atom stereocenters. The molecule has 0 aromatic carbocycles. The first-order valence-corrected chi connectivity index (χ1v) is 8.42. The second kappa shape index (κ2) is 7.84. The van der Waals surface area contributed by atoms with Gasteiger partial charge in [-0.2, -0.15) is 0 Å². The van der Waals surface area contributed by atoms with Crippen molar-refractivity contribution in [1.29, 1.82) is 0 Å². The van der Waals surface area contributed by atoms with Gasteiger partial charge in [0, 0.05) is 0 Å². The van der Waals surface area contributed by atoms with Crippen molar-refractivity contribution < 1.29 is 39.7 Å². The van der Waals surface area contributed by atoms with E-state index in [4.69, 9.17) is 49.0 Å². The van der Waals surface area contributed by atoms with Gasteiger partial charge in [0.05, 0.1) is 23.7 Å². The van der Waals surface area contributed by atoms with E-state index in [1.165, 1.54) is 0 Å². The highest BCUT2D eigenvalue weighted by Crippen LogP contribution is 2.37. The second-order valence-electron chi connectivity index (χ2n) is 5.46. The minimum Gasteiger partial charge on any atom is -0.394 e. The highest BCUT2D eigenvalue weighted by molar-refractivity contribution is 6.21. The van der Waals surface area contributed by atoms with Gasteiger partial charge in [-0.05, 0) is 0 Å². The third-order valence-corrected chi connectivity index (χ3v) is 5.17. The highest BCUT2D eigenvalue weighted by Gasteiger charge is 2.58. The zero-order valence-electron chi connectivity index (χ0n) is 11.8. The molecule has 0 spiro atoms. The Morgan fingerprint density at radius 1 is 1.00 bits per heavy atom. The molecule has 0 saturated carbocycles. The average molecular weight is 398 g/mol. The van der Waals surface area contributed by atoms with Crippen LogP contribution in [0.2, 0.25) is 0 Å². The summed E-state index contributed by atoms with van der Waals surface area (Å²) in [7, 11) is 0. The second-order valence-corrected chi connectivity index (χ2v) is 6.54. The number of halogens is 3. The summed E-state index contributed by atoms with van der Waals surface area (Å²) in [6.45, 7) is -0.526. The Hall–Kier alpha value is 0.550. The molecule has 0 amide bonds. The summed E-state index contributed by atoms with van der Waals surface area (Å²) >= 11 is 17.3. The molecule has 2 saturated heterocycles. The van der Waals surface area contributed by atoms with Crippen molar-refractivity contribution >= 4 is 34.8 Å². The molecular formula is C12H19Cl3O8. The van der Waals surface area contributed by atoms with Crippen molar-refractivity contribution in [2.75, 3.05) is 18.4 Å². The largest absolute Gasteiger partial charge is 0.394 e. The number of ether oxygens (including phenoxy) is 3. The molecule has 2 rings (SSSR count). The minimum atomic E-state index is -1.90. The summed E-state index contributed by atoms with van der Waals surface area (Å²) in [5, 5.41) is 48.1. The van der Waals surface area contributed by atoms with E-state index in [0.29, 0.717) is 0 Å². The first-order chi connectivity index (χ1) is 10.8. The predicted molar refractivity (Wildman–Crippen MR) is 79.5 cm³/mol. The van der Waals surface area contributed by atoms with E-state index in [1.54, 1.807) is 0 Å². The van der Waals surface area contributed by atoms with Crippen LogP contribution in [0.3, 0.4) is 0 Å². The lowest BCUT2D eigenvalue weighted by atomic mass is 10.0. The van der Waals surface area contributed by atoms with Crippen LogP contribution in [-0.4, -0.2) is 98.0 Å². The summed E-state index contributed by atoms with van der Waals surface area (Å²) in [4.78, 5) is 0. The van der Waals surface area contributed by atoms with E-state index in [1.807, 2.05) is 0 Å². The maximum absolute atomic E-state index is 10.1. The van der Waals surface area contributed by atoms with E-state index in [2.05, 4.69) is 0 Å². The van der Waals surface area contributed by atoms with E-state index < -0.39 is 66.6 Å². The number of hydrogen-bond donors (Lipinski definition) is 5. The van der Waals surface area contributed by atoms with Crippen LogP contribution in [0.4, 0.5) is 0 Å². The Balaban J connectivity index is 2.18. The Bertz CT molecular complexity index is 403. The van der Waals surface area contributed by atoms with Crippen LogP contribution in [0.5, 0.6) is 0 Å². The van der Waals surface area contributed by atoms with Gasteiger partial charge in [0.15, 0.2) is 6.29 Å². The number of alkyl halides is 3. The fourth-order valence-electron chi connectivity index (χ4n) is 2.56. The van der Waals surface area contributed by atoms with Crippen LogP contribution in [-0.2, 0) is 14.2 Å². The molecule has 0 aromatic rings. The molecule has 0 radical (unpaired) electrons. The standard InChI is InChI=1S/C12H19Cl3O8/c13-1-4-7(17)10(20)12(3-14,22-4)23-11-9(19)8(18)6(15)5(2-16)21-11/h4-11,16-20H,1-3H2/t4-,5?,6+,7?,8?,9?,10?,11+,12+/m1/s1. The van der Waals surface area contributed by atoms with Gasteiger partial charge in [-0.1, -0.05) is 0 Å². The van der Waals surface area contributed by atoms with E-state index >= 15 is 0 Å². The number of rotatable bonds is 5. The van der Waals surface area contributed by atoms with Gasteiger partial charge in [0.25, 0.3) is 0 Å². The van der Waals surface area contributed by atoms with Crippen LogP contribution >= 0.6 is 34.8 Å². The van der Waals surface area contributed by atoms with Crippen molar-refractivity contribution in [3.8, 4) is 0 Å². The smallest absolute Gasteiger partial charge is 0.214 e. The molecule has 8 nitrogen and oxygen atoms in total. The molecule has 136 valence electrons. The first kappa shape index (κ1) is 19.9. The Morgan fingerprint density at radius 2 is 1.65 bits per heavy atom. The predicted octanol–water partition coefficient (Wildman–Crippen LogP) is -1.66. The monoisotopic (exact) mass is 396 g/mol. The zero-order valence-corrected chi connectivity index (χ0v) is 14.1. The van der Waals surface area contributed by atoms with Crippen LogP contribution in [0.15, 0.2) is 0 Å². The molecule has 0 aliphatic carbocycles. The van der Waals surface area contributed by atoms with Crippen molar-refractivity contribution in [2.45, 2.75) is 54.1 Å². The summed E-state index contributed by atoms with van der Waals surface area (Å²) in [6.07, 6.45) is -9.39. The van der Waals surface area contributed by atoms with Crippen LogP contribution in [0, 0.1) is 0 Å². The SMILES string of the molecule is OCC1O[C@@H](O[C@]2(CCl)O[C@H](CCl)C(O)C2O)C(O)C(O)[C@H]1Cl. The number of aliphatic hydroxyl groups excluding tert-OH is 5. The molecule has 5 N–H and O–H groups in total. The molecule has 0 aromatic heterocycles. The number of hydrogen-bond acceptors (Lipinski definition) is 8. The topological polar surface area (TPSA) is 129 Å². The molecule has 2 heterocycles. The maximum Gasteiger partial charge on any atom is 0.214 e. The number of aliphatic hydroxyl groups is 5. The van der Waals surface area contributed by atoms with Crippen molar-refractivity contribution in [2.24, 2.45) is 0 Å². The molecule has 2 aliphatic rings. The summed E-state index contributed by atoms with van der Waals surface area (Å²) in [6, 6.07) is 0. The molecule has 2 aliphatic heterocycles. The first-order valence-electron chi connectivity index (χ1n) is 6.91. The van der Waals surface area contributed by atoms with E-state index in [-0.39, 0.29) is 5.88 Å². The maximum atomic E-state index is 10.1. The molecule has 11 heteroatoms. The quantitative estimate of drug-likeness (QED) is 0.349. The lowest BCUT2D eigenvalue weighted by Crippen LogP contribution is -2.61. The van der Waals surface area contributed by atoms with Crippen molar-refractivity contribution in [3.63, 3.8) is 0 Å². The molecular weight excluding hydrogens is 378 g/mol. The summed E-state index contributed by atoms with van der Waals surface area (Å²) < 4.78 is 16.1. The Morgan fingerprint density at radius 3 is 2.13 bits per heavy atom. The van der Waals surface area contributed by atoms with Gasteiger partial charge in [-0.3, -0.25) is 0 Å². The van der Waals surface area contributed by atoms with Crippen LogP contribution < -0.4 is 0 Å². The lowest BCUT2D eigenvalue weighted by Gasteiger charge is -2.43. The van der Waals surface area contributed by atoms with E-state index in [9.17, 15) is 25.5 Å². The summed E-state index contributed by atoms with van der Waals surface area (Å²) in [5.41, 5.74) is 0. The molecule has 0 bridgehead atoms. The Labute approximate surface area is 147 Å². The normalized spacial score (nSPS) is 51.1. The average Bonchev–Trinajstić information content (AvgIpc) is 2.80. The van der Waals surface area contributed by atoms with Crippen LogP contribution in [0.1, 0.15) is 0 Å².